The van der Waals surface area contributed by atoms with Crippen LogP contribution < -0.4 is 16.4 Å². The summed E-state index contributed by atoms with van der Waals surface area (Å²) in [5.41, 5.74) is 9.43. The van der Waals surface area contributed by atoms with E-state index < -0.39 is 0 Å². The zero-order valence-corrected chi connectivity index (χ0v) is 11.3. The largest absolute Gasteiger partial charge is 0.465 e. The molecule has 0 saturated carbocycles. The van der Waals surface area contributed by atoms with Crippen molar-refractivity contribution in [1.82, 2.24) is 0 Å². The molecule has 0 saturated heterocycles. The number of hydrogen-bond donors (Lipinski definition) is 3. The maximum absolute atomic E-state index is 11.4. The predicted octanol–water partition coefficient (Wildman–Crippen LogP) is 2.67. The number of carbonyl (C=O) groups is 1. The number of nitrogen functional groups attached to an aromatic ring is 1. The van der Waals surface area contributed by atoms with Gasteiger partial charge in [0.1, 0.15) is 11.5 Å². The van der Waals surface area contributed by atoms with E-state index in [9.17, 15) is 4.79 Å². The summed E-state index contributed by atoms with van der Waals surface area (Å²) in [5.74, 6) is 1.81. The third-order valence-corrected chi connectivity index (χ3v) is 3.42. The number of aryl methyl sites for hydroxylation is 2. The molecule has 4 N–H and O–H groups in total. The number of anilines is 3. The minimum absolute atomic E-state index is 0.0451. The molecule has 5 nitrogen and oxygen atoms in total. The van der Waals surface area contributed by atoms with E-state index in [-0.39, 0.29) is 5.91 Å². The lowest BCUT2D eigenvalue weighted by atomic mass is 10.0. The summed E-state index contributed by atoms with van der Waals surface area (Å²) in [6.07, 6.45) is 1.27. The number of nitrogens with two attached hydrogens (primary N) is 1. The van der Waals surface area contributed by atoms with Gasteiger partial charge in [-0.15, -0.1) is 0 Å². The first-order valence-electron chi connectivity index (χ1n) is 6.63. The van der Waals surface area contributed by atoms with Crippen LogP contribution in [-0.2, 0) is 17.8 Å². The van der Waals surface area contributed by atoms with Crippen molar-refractivity contribution in [3.8, 4) is 0 Å². The molecule has 1 aromatic heterocycles. The van der Waals surface area contributed by atoms with Crippen LogP contribution in [0.25, 0.3) is 0 Å². The van der Waals surface area contributed by atoms with Crippen LogP contribution in [-0.4, -0.2) is 5.91 Å². The fourth-order valence-corrected chi connectivity index (χ4v) is 2.36. The minimum Gasteiger partial charge on any atom is -0.465 e. The van der Waals surface area contributed by atoms with Gasteiger partial charge in [-0.25, -0.2) is 0 Å². The molecule has 0 fully saturated rings. The van der Waals surface area contributed by atoms with Gasteiger partial charge in [0.05, 0.1) is 17.9 Å². The lowest BCUT2D eigenvalue weighted by molar-refractivity contribution is -0.116. The van der Waals surface area contributed by atoms with Gasteiger partial charge in [-0.2, -0.15) is 0 Å². The van der Waals surface area contributed by atoms with Crippen LogP contribution in [0, 0.1) is 6.92 Å². The molecule has 1 aliphatic heterocycles. The van der Waals surface area contributed by atoms with Gasteiger partial charge in [-0.05, 0) is 43.2 Å². The minimum atomic E-state index is 0.0451. The molecule has 0 unspecified atom stereocenters. The van der Waals surface area contributed by atoms with Crippen LogP contribution >= 0.6 is 0 Å². The van der Waals surface area contributed by atoms with Crippen molar-refractivity contribution in [2.24, 2.45) is 0 Å². The Hall–Kier alpha value is -2.43. The SMILES string of the molecule is Cc1ccc(CNc2cc3c(cc2N)NC(=O)CC3)o1. The molecule has 0 aliphatic carbocycles. The van der Waals surface area contributed by atoms with Crippen LogP contribution in [0.5, 0.6) is 0 Å². The third kappa shape index (κ3) is 2.47. The summed E-state index contributed by atoms with van der Waals surface area (Å²) in [7, 11) is 0. The molecule has 5 heteroatoms. The first kappa shape index (κ1) is 12.6. The second kappa shape index (κ2) is 4.92. The highest BCUT2D eigenvalue weighted by Crippen LogP contribution is 2.31. The molecule has 1 aromatic carbocycles. The average Bonchev–Trinajstić information content (AvgIpc) is 2.82. The molecule has 20 heavy (non-hydrogen) atoms. The Bertz CT molecular complexity index is 661. The van der Waals surface area contributed by atoms with Crippen LogP contribution in [0.2, 0.25) is 0 Å². The Morgan fingerprint density at radius 2 is 2.20 bits per heavy atom. The van der Waals surface area contributed by atoms with E-state index in [4.69, 9.17) is 10.2 Å². The number of fused-ring (bicyclic) bond motifs is 1. The van der Waals surface area contributed by atoms with Gasteiger partial charge in [0.2, 0.25) is 5.91 Å². The smallest absolute Gasteiger partial charge is 0.224 e. The van der Waals surface area contributed by atoms with Crippen molar-refractivity contribution in [2.45, 2.75) is 26.3 Å². The summed E-state index contributed by atoms with van der Waals surface area (Å²) >= 11 is 0. The van der Waals surface area contributed by atoms with Gasteiger partial charge in [-0.3, -0.25) is 4.79 Å². The lowest BCUT2D eigenvalue weighted by Crippen LogP contribution is -2.19. The summed E-state index contributed by atoms with van der Waals surface area (Å²) in [4.78, 5) is 11.4. The summed E-state index contributed by atoms with van der Waals surface area (Å²) in [6.45, 7) is 2.50. The van der Waals surface area contributed by atoms with E-state index in [1.807, 2.05) is 31.2 Å². The average molecular weight is 271 g/mol. The van der Waals surface area contributed by atoms with Gasteiger partial charge in [0, 0.05) is 12.1 Å². The molecular weight excluding hydrogens is 254 g/mol. The highest BCUT2D eigenvalue weighted by molar-refractivity contribution is 5.95. The second-order valence-corrected chi connectivity index (χ2v) is 5.01. The molecule has 0 radical (unpaired) electrons. The monoisotopic (exact) mass is 271 g/mol. The summed E-state index contributed by atoms with van der Waals surface area (Å²) in [5, 5.41) is 6.11. The molecule has 0 atom stereocenters. The highest BCUT2D eigenvalue weighted by Gasteiger charge is 2.16. The first-order chi connectivity index (χ1) is 9.61. The van der Waals surface area contributed by atoms with E-state index in [1.165, 1.54) is 0 Å². The Morgan fingerprint density at radius 1 is 1.35 bits per heavy atom. The zero-order chi connectivity index (χ0) is 14.1. The number of furan rings is 1. The molecule has 1 aliphatic rings. The van der Waals surface area contributed by atoms with E-state index >= 15 is 0 Å². The normalized spacial score (nSPS) is 13.8. The molecule has 2 heterocycles. The third-order valence-electron chi connectivity index (χ3n) is 3.42. The molecule has 0 spiro atoms. The predicted molar refractivity (Wildman–Crippen MR) is 78.6 cm³/mol. The van der Waals surface area contributed by atoms with E-state index in [1.54, 1.807) is 0 Å². The summed E-state index contributed by atoms with van der Waals surface area (Å²) < 4.78 is 5.51. The van der Waals surface area contributed by atoms with Gasteiger partial charge in [-0.1, -0.05) is 0 Å². The highest BCUT2D eigenvalue weighted by atomic mass is 16.3. The van der Waals surface area contributed by atoms with Crippen LogP contribution in [0.1, 0.15) is 23.5 Å². The Kier molecular flexibility index (Phi) is 3.10. The number of benzene rings is 1. The van der Waals surface area contributed by atoms with Crippen molar-refractivity contribution in [3.05, 3.63) is 41.3 Å². The van der Waals surface area contributed by atoms with E-state index in [0.717, 1.165) is 34.9 Å². The Morgan fingerprint density at radius 3 is 2.95 bits per heavy atom. The van der Waals surface area contributed by atoms with Gasteiger partial charge < -0.3 is 20.8 Å². The lowest BCUT2D eigenvalue weighted by Gasteiger charge is -2.19. The number of amides is 1. The topological polar surface area (TPSA) is 80.3 Å². The van der Waals surface area contributed by atoms with Crippen LogP contribution in [0.4, 0.5) is 17.1 Å². The number of hydrogen-bond acceptors (Lipinski definition) is 4. The first-order valence-corrected chi connectivity index (χ1v) is 6.63. The summed E-state index contributed by atoms with van der Waals surface area (Å²) in [6, 6.07) is 7.68. The molecular formula is C15H17N3O2. The van der Waals surface area contributed by atoms with Crippen LogP contribution in [0.3, 0.4) is 0 Å². The zero-order valence-electron chi connectivity index (χ0n) is 11.3. The Labute approximate surface area is 117 Å². The van der Waals surface area contributed by atoms with Crippen molar-refractivity contribution in [1.29, 1.82) is 0 Å². The standard InChI is InChI=1S/C15H17N3O2/c1-9-2-4-11(20-9)8-17-14-6-10-3-5-15(19)18-13(10)7-12(14)16/h2,4,6-7,17H,3,5,8,16H2,1H3,(H,18,19). The maximum Gasteiger partial charge on any atom is 0.224 e. The molecule has 2 aromatic rings. The quantitative estimate of drug-likeness (QED) is 0.750. The molecule has 1 amide bonds. The van der Waals surface area contributed by atoms with Crippen molar-refractivity contribution in [3.63, 3.8) is 0 Å². The van der Waals surface area contributed by atoms with Gasteiger partial charge >= 0.3 is 0 Å². The van der Waals surface area contributed by atoms with Crippen molar-refractivity contribution in [2.75, 3.05) is 16.4 Å². The van der Waals surface area contributed by atoms with E-state index in [2.05, 4.69) is 10.6 Å². The fourth-order valence-electron chi connectivity index (χ4n) is 2.36. The van der Waals surface area contributed by atoms with Crippen LogP contribution in [0.15, 0.2) is 28.7 Å². The molecule has 3 rings (SSSR count). The Balaban J connectivity index is 1.78. The van der Waals surface area contributed by atoms with Gasteiger partial charge in [0.25, 0.3) is 0 Å². The number of nitrogens with one attached hydrogen (secondary N) is 2. The fraction of sp³-hybridized carbons (Fsp3) is 0.267. The molecule has 104 valence electrons. The van der Waals surface area contributed by atoms with Crippen molar-refractivity contribution < 1.29 is 9.21 Å². The second-order valence-electron chi connectivity index (χ2n) is 5.01. The van der Waals surface area contributed by atoms with Crippen molar-refractivity contribution >= 4 is 23.0 Å². The maximum atomic E-state index is 11.4. The van der Waals surface area contributed by atoms with E-state index in [0.29, 0.717) is 18.7 Å². The number of rotatable bonds is 3. The number of carbonyl (C=O) groups excluding carboxylic acids is 1. The molecule has 0 bridgehead atoms. The van der Waals surface area contributed by atoms with Gasteiger partial charge in [0.15, 0.2) is 0 Å².